The van der Waals surface area contributed by atoms with Crippen molar-refractivity contribution < 1.29 is 8.42 Å². The minimum atomic E-state index is -3.12. The van der Waals surface area contributed by atoms with Crippen LogP contribution >= 0.6 is 24.0 Å². The molecule has 0 spiro atoms. The first-order chi connectivity index (χ1) is 10.4. The minimum Gasteiger partial charge on any atom is -0.355 e. The van der Waals surface area contributed by atoms with Gasteiger partial charge in [-0.3, -0.25) is 4.99 Å². The summed E-state index contributed by atoms with van der Waals surface area (Å²) < 4.78 is 25.2. The average Bonchev–Trinajstić information content (AvgIpc) is 2.50. The Morgan fingerprint density at radius 1 is 1.17 bits per heavy atom. The summed E-state index contributed by atoms with van der Waals surface area (Å²) in [4.78, 5) is 4.21. The molecule has 3 N–H and O–H groups in total. The van der Waals surface area contributed by atoms with Gasteiger partial charge in [0.2, 0.25) is 10.0 Å². The molecule has 138 valence electrons. The lowest BCUT2D eigenvalue weighted by molar-refractivity contribution is 0.250. The molecule has 0 radical (unpaired) electrons. The molecule has 6 nitrogen and oxygen atoms in total. The van der Waals surface area contributed by atoms with E-state index < -0.39 is 10.0 Å². The summed E-state index contributed by atoms with van der Waals surface area (Å²) in [6.45, 7) is 7.13. The van der Waals surface area contributed by atoms with E-state index in [2.05, 4.69) is 34.2 Å². The summed E-state index contributed by atoms with van der Waals surface area (Å²) in [5, 5.41) is 6.60. The highest BCUT2D eigenvalue weighted by atomic mass is 127. The van der Waals surface area contributed by atoms with Crippen molar-refractivity contribution >= 4 is 40.0 Å². The maximum absolute atomic E-state index is 11.3. The molecular formula is C15H33IN4O2S. The maximum Gasteiger partial charge on any atom is 0.211 e. The quantitative estimate of drug-likeness (QED) is 0.235. The van der Waals surface area contributed by atoms with E-state index in [-0.39, 0.29) is 29.7 Å². The van der Waals surface area contributed by atoms with E-state index in [1.165, 1.54) is 25.7 Å². The summed E-state index contributed by atoms with van der Waals surface area (Å²) in [5.41, 5.74) is 0. The molecule has 1 fully saturated rings. The minimum absolute atomic E-state index is 0. The van der Waals surface area contributed by atoms with Crippen molar-refractivity contribution in [1.82, 2.24) is 15.4 Å². The van der Waals surface area contributed by atoms with Crippen molar-refractivity contribution in [3.05, 3.63) is 0 Å². The molecule has 0 aliphatic heterocycles. The van der Waals surface area contributed by atoms with Crippen LogP contribution in [0, 0.1) is 11.8 Å². The molecule has 8 heteroatoms. The van der Waals surface area contributed by atoms with Gasteiger partial charge in [-0.05, 0) is 44.4 Å². The van der Waals surface area contributed by atoms with Gasteiger partial charge in [0, 0.05) is 26.2 Å². The van der Waals surface area contributed by atoms with Crippen LogP contribution in [0.4, 0.5) is 0 Å². The molecule has 0 unspecified atom stereocenters. The predicted molar refractivity (Wildman–Crippen MR) is 108 cm³/mol. The third kappa shape index (κ3) is 9.09. The lowest BCUT2D eigenvalue weighted by Crippen LogP contribution is -2.47. The Morgan fingerprint density at radius 2 is 1.78 bits per heavy atom. The molecule has 1 saturated carbocycles. The van der Waals surface area contributed by atoms with Crippen molar-refractivity contribution in [2.75, 3.05) is 25.9 Å². The standard InChI is InChI=1S/C15H32N4O2S.HI/c1-5-22(20,21)18-11-10-17-15(16-4)19-14-8-6-13(7-9-14)12(2)3;/h12-14,18H,5-11H2,1-4H3,(H2,16,17,19);1H. The topological polar surface area (TPSA) is 82.6 Å². The smallest absolute Gasteiger partial charge is 0.211 e. The van der Waals surface area contributed by atoms with E-state index in [1.54, 1.807) is 14.0 Å². The molecule has 0 heterocycles. The highest BCUT2D eigenvalue weighted by Crippen LogP contribution is 2.29. The molecule has 0 saturated heterocycles. The number of nitrogens with zero attached hydrogens (tertiary/aromatic N) is 1. The third-order valence-electron chi connectivity index (χ3n) is 4.40. The summed E-state index contributed by atoms with van der Waals surface area (Å²) in [6, 6.07) is 0.466. The first kappa shape index (κ1) is 22.9. The SMILES string of the molecule is CCS(=O)(=O)NCCNC(=NC)NC1CCC(C(C)C)CC1.I. The highest BCUT2D eigenvalue weighted by molar-refractivity contribution is 14.0. The van der Waals surface area contributed by atoms with E-state index in [1.807, 2.05) is 0 Å². The molecule has 0 atom stereocenters. The van der Waals surface area contributed by atoms with Gasteiger partial charge < -0.3 is 10.6 Å². The lowest BCUT2D eigenvalue weighted by atomic mass is 9.80. The molecule has 0 bridgehead atoms. The van der Waals surface area contributed by atoms with Crippen molar-refractivity contribution in [3.8, 4) is 0 Å². The van der Waals surface area contributed by atoms with Gasteiger partial charge in [-0.1, -0.05) is 13.8 Å². The number of rotatable bonds is 7. The van der Waals surface area contributed by atoms with Crippen LogP contribution in [0.3, 0.4) is 0 Å². The lowest BCUT2D eigenvalue weighted by Gasteiger charge is -2.32. The first-order valence-corrected chi connectivity index (χ1v) is 9.97. The number of nitrogens with one attached hydrogen (secondary N) is 3. The third-order valence-corrected chi connectivity index (χ3v) is 5.80. The van der Waals surface area contributed by atoms with E-state index in [9.17, 15) is 8.42 Å². The average molecular weight is 460 g/mol. The number of aliphatic imine (C=N–C) groups is 1. The second-order valence-corrected chi connectivity index (χ2v) is 8.39. The van der Waals surface area contributed by atoms with Gasteiger partial charge in [0.05, 0.1) is 5.75 Å². The normalized spacial score (nSPS) is 22.6. The summed E-state index contributed by atoms with van der Waals surface area (Å²) >= 11 is 0. The van der Waals surface area contributed by atoms with Gasteiger partial charge in [-0.2, -0.15) is 0 Å². The van der Waals surface area contributed by atoms with Crippen LogP contribution in [-0.4, -0.2) is 46.3 Å². The van der Waals surface area contributed by atoms with Gasteiger partial charge in [-0.25, -0.2) is 13.1 Å². The monoisotopic (exact) mass is 460 g/mol. The zero-order valence-electron chi connectivity index (χ0n) is 14.8. The van der Waals surface area contributed by atoms with Crippen LogP contribution in [0.1, 0.15) is 46.5 Å². The van der Waals surface area contributed by atoms with Crippen molar-refractivity contribution in [2.24, 2.45) is 16.8 Å². The maximum atomic E-state index is 11.3. The number of hydrogen-bond acceptors (Lipinski definition) is 3. The Hall–Kier alpha value is -0.0900. The van der Waals surface area contributed by atoms with Crippen molar-refractivity contribution in [2.45, 2.75) is 52.5 Å². The zero-order valence-corrected chi connectivity index (χ0v) is 17.9. The summed E-state index contributed by atoms with van der Waals surface area (Å²) in [7, 11) is -1.37. The molecule has 0 amide bonds. The molecular weight excluding hydrogens is 427 g/mol. The van der Waals surface area contributed by atoms with Crippen LogP contribution in [0.2, 0.25) is 0 Å². The molecule has 0 aromatic rings. The zero-order chi connectivity index (χ0) is 16.6. The Morgan fingerprint density at radius 3 is 2.26 bits per heavy atom. The van der Waals surface area contributed by atoms with Gasteiger partial charge in [0.1, 0.15) is 0 Å². The fraction of sp³-hybridized carbons (Fsp3) is 0.933. The van der Waals surface area contributed by atoms with E-state index in [0.717, 1.165) is 17.8 Å². The van der Waals surface area contributed by atoms with Crippen molar-refractivity contribution in [1.29, 1.82) is 0 Å². The van der Waals surface area contributed by atoms with Crippen LogP contribution < -0.4 is 15.4 Å². The van der Waals surface area contributed by atoms with Gasteiger partial charge in [0.25, 0.3) is 0 Å². The van der Waals surface area contributed by atoms with Crippen LogP contribution in [0.25, 0.3) is 0 Å². The predicted octanol–water partition coefficient (Wildman–Crippen LogP) is 1.92. The summed E-state index contributed by atoms with van der Waals surface area (Å²) in [6.07, 6.45) is 4.88. The molecule has 23 heavy (non-hydrogen) atoms. The molecule has 0 aromatic heterocycles. The Kier molecular flexibility index (Phi) is 11.4. The van der Waals surface area contributed by atoms with Crippen molar-refractivity contribution in [3.63, 3.8) is 0 Å². The van der Waals surface area contributed by atoms with E-state index in [4.69, 9.17) is 0 Å². The fourth-order valence-corrected chi connectivity index (χ4v) is 3.42. The molecule has 1 aliphatic carbocycles. The van der Waals surface area contributed by atoms with Gasteiger partial charge >= 0.3 is 0 Å². The van der Waals surface area contributed by atoms with Crippen LogP contribution in [0.5, 0.6) is 0 Å². The fourth-order valence-electron chi connectivity index (χ4n) is 2.81. The Labute approximate surface area is 158 Å². The molecule has 0 aromatic carbocycles. The van der Waals surface area contributed by atoms with Gasteiger partial charge in [-0.15, -0.1) is 24.0 Å². The molecule has 1 aliphatic rings. The van der Waals surface area contributed by atoms with Crippen LogP contribution in [0.15, 0.2) is 4.99 Å². The summed E-state index contributed by atoms with van der Waals surface area (Å²) in [5.74, 6) is 2.48. The Bertz CT molecular complexity index is 446. The highest BCUT2D eigenvalue weighted by Gasteiger charge is 2.23. The van der Waals surface area contributed by atoms with E-state index >= 15 is 0 Å². The van der Waals surface area contributed by atoms with Crippen LogP contribution in [-0.2, 0) is 10.0 Å². The second-order valence-electron chi connectivity index (χ2n) is 6.30. The van der Waals surface area contributed by atoms with Gasteiger partial charge in [0.15, 0.2) is 5.96 Å². The number of halogens is 1. The largest absolute Gasteiger partial charge is 0.355 e. The van der Waals surface area contributed by atoms with E-state index in [0.29, 0.717) is 19.1 Å². The first-order valence-electron chi connectivity index (χ1n) is 8.32. The number of guanidine groups is 1. The second kappa shape index (κ2) is 11.5. The number of sulfonamides is 1. The Balaban J connectivity index is 0.00000484. The number of hydrogen-bond donors (Lipinski definition) is 3. The molecule has 1 rings (SSSR count).